The van der Waals surface area contributed by atoms with Crippen LogP contribution in [0, 0.1) is 0 Å². The van der Waals surface area contributed by atoms with E-state index in [-0.39, 0.29) is 0 Å². The fraction of sp³-hybridized carbons (Fsp3) is 0.350. The first-order chi connectivity index (χ1) is 12.2. The molecular formula is C20H23N3O2. The molecule has 2 aromatic carbocycles. The number of benzene rings is 2. The Hall–Kier alpha value is -2.37. The zero-order valence-corrected chi connectivity index (χ0v) is 14.4. The highest BCUT2D eigenvalue weighted by molar-refractivity contribution is 5.76. The fourth-order valence-corrected chi connectivity index (χ4v) is 3.41. The maximum absolute atomic E-state index is 10.9. The third-order valence-electron chi connectivity index (χ3n) is 4.92. The number of fused-ring (bicyclic) bond motifs is 1. The van der Waals surface area contributed by atoms with Crippen LogP contribution in [-0.4, -0.2) is 55.5 Å². The molecule has 1 unspecified atom stereocenters. The van der Waals surface area contributed by atoms with Gasteiger partial charge in [-0.15, -0.1) is 0 Å². The number of ether oxygens (including phenoxy) is 1. The highest BCUT2D eigenvalue weighted by Gasteiger charge is 2.21. The fourth-order valence-electron chi connectivity index (χ4n) is 3.41. The number of rotatable bonds is 4. The van der Waals surface area contributed by atoms with Gasteiger partial charge in [-0.2, -0.15) is 0 Å². The number of hydrogen-bond acceptors (Lipinski definition) is 5. The SMILES string of the molecule is CN1CCN(Cc2cccc(-c3ccc4c(c3)OC(C=O)N4)c2)CC1. The topological polar surface area (TPSA) is 44.8 Å². The van der Waals surface area contributed by atoms with E-state index in [0.29, 0.717) is 0 Å². The molecule has 1 fully saturated rings. The molecule has 130 valence electrons. The summed E-state index contributed by atoms with van der Waals surface area (Å²) in [5, 5.41) is 3.03. The first kappa shape index (κ1) is 16.1. The van der Waals surface area contributed by atoms with Gasteiger partial charge in [-0.1, -0.05) is 24.3 Å². The summed E-state index contributed by atoms with van der Waals surface area (Å²) in [5.74, 6) is 0.735. The van der Waals surface area contributed by atoms with Crippen LogP contribution in [0.1, 0.15) is 5.56 Å². The summed E-state index contributed by atoms with van der Waals surface area (Å²) >= 11 is 0. The van der Waals surface area contributed by atoms with Crippen molar-refractivity contribution < 1.29 is 9.53 Å². The molecule has 0 spiro atoms. The molecule has 0 saturated carbocycles. The van der Waals surface area contributed by atoms with Gasteiger partial charge < -0.3 is 15.0 Å². The first-order valence-electron chi connectivity index (χ1n) is 8.74. The van der Waals surface area contributed by atoms with Gasteiger partial charge in [0.2, 0.25) is 6.23 Å². The number of carbonyl (C=O) groups is 1. The summed E-state index contributed by atoms with van der Waals surface area (Å²) in [6, 6.07) is 14.7. The Bertz CT molecular complexity index is 769. The van der Waals surface area contributed by atoms with Crippen LogP contribution in [0.4, 0.5) is 5.69 Å². The Morgan fingerprint density at radius 2 is 1.92 bits per heavy atom. The Morgan fingerprint density at radius 1 is 1.12 bits per heavy atom. The normalized spacial score (nSPS) is 20.6. The van der Waals surface area contributed by atoms with Crippen molar-refractivity contribution in [3.8, 4) is 16.9 Å². The van der Waals surface area contributed by atoms with Gasteiger partial charge >= 0.3 is 0 Å². The van der Waals surface area contributed by atoms with Crippen LogP contribution >= 0.6 is 0 Å². The Morgan fingerprint density at radius 3 is 2.72 bits per heavy atom. The zero-order valence-electron chi connectivity index (χ0n) is 14.4. The molecule has 0 aliphatic carbocycles. The van der Waals surface area contributed by atoms with E-state index in [1.165, 1.54) is 11.1 Å². The lowest BCUT2D eigenvalue weighted by atomic mass is 10.0. The highest BCUT2D eigenvalue weighted by atomic mass is 16.5. The van der Waals surface area contributed by atoms with Crippen molar-refractivity contribution in [2.45, 2.75) is 12.8 Å². The van der Waals surface area contributed by atoms with E-state index in [2.05, 4.69) is 52.5 Å². The molecule has 25 heavy (non-hydrogen) atoms. The molecule has 2 aromatic rings. The molecule has 0 amide bonds. The minimum atomic E-state index is -0.575. The van der Waals surface area contributed by atoms with Crippen LogP contribution in [0.5, 0.6) is 5.75 Å². The van der Waals surface area contributed by atoms with Crippen molar-refractivity contribution in [3.05, 3.63) is 48.0 Å². The maximum atomic E-state index is 10.9. The Balaban J connectivity index is 1.51. The van der Waals surface area contributed by atoms with Crippen molar-refractivity contribution >= 4 is 12.0 Å². The average Bonchev–Trinajstić information content (AvgIpc) is 3.06. The molecule has 0 aromatic heterocycles. The number of nitrogens with one attached hydrogen (secondary N) is 1. The van der Waals surface area contributed by atoms with Gasteiger partial charge in [0.05, 0.1) is 5.69 Å². The van der Waals surface area contributed by atoms with Gasteiger partial charge in [-0.05, 0) is 41.9 Å². The van der Waals surface area contributed by atoms with Crippen LogP contribution < -0.4 is 10.1 Å². The molecule has 1 atom stereocenters. The van der Waals surface area contributed by atoms with E-state index in [9.17, 15) is 4.79 Å². The van der Waals surface area contributed by atoms with Crippen molar-refractivity contribution in [1.82, 2.24) is 9.80 Å². The lowest BCUT2D eigenvalue weighted by Gasteiger charge is -2.32. The van der Waals surface area contributed by atoms with Crippen molar-refractivity contribution in [1.29, 1.82) is 0 Å². The van der Waals surface area contributed by atoms with Gasteiger partial charge in [-0.3, -0.25) is 9.69 Å². The maximum Gasteiger partial charge on any atom is 0.226 e. The van der Waals surface area contributed by atoms with Crippen LogP contribution in [0.15, 0.2) is 42.5 Å². The average molecular weight is 337 g/mol. The quantitative estimate of drug-likeness (QED) is 0.868. The van der Waals surface area contributed by atoms with Crippen LogP contribution in [0.2, 0.25) is 0 Å². The molecule has 0 bridgehead atoms. The summed E-state index contributed by atoms with van der Waals surface area (Å²) in [4.78, 5) is 15.8. The molecule has 4 rings (SSSR count). The van der Waals surface area contributed by atoms with E-state index < -0.39 is 6.23 Å². The molecule has 2 aliphatic rings. The molecule has 0 radical (unpaired) electrons. The minimum Gasteiger partial charge on any atom is -0.461 e. The second-order valence-corrected chi connectivity index (χ2v) is 6.81. The molecule has 2 heterocycles. The largest absolute Gasteiger partial charge is 0.461 e. The monoisotopic (exact) mass is 337 g/mol. The standard InChI is InChI=1S/C20H23N3O2/c1-22-7-9-23(10-8-22)13-15-3-2-4-16(11-15)17-5-6-18-19(12-17)25-20(14-24)21-18/h2-6,11-12,14,20-21H,7-10,13H2,1H3. The lowest BCUT2D eigenvalue weighted by Crippen LogP contribution is -2.43. The number of nitrogens with zero attached hydrogens (tertiary/aromatic N) is 2. The number of anilines is 1. The zero-order chi connectivity index (χ0) is 17.2. The van der Waals surface area contributed by atoms with E-state index >= 15 is 0 Å². The summed E-state index contributed by atoms with van der Waals surface area (Å²) in [5.41, 5.74) is 4.47. The third kappa shape index (κ3) is 3.52. The third-order valence-corrected chi connectivity index (χ3v) is 4.92. The summed E-state index contributed by atoms with van der Waals surface area (Å²) < 4.78 is 5.59. The van der Waals surface area contributed by atoms with Gasteiger partial charge in [-0.25, -0.2) is 0 Å². The predicted octanol–water partition coefficient (Wildman–Crippen LogP) is 2.43. The van der Waals surface area contributed by atoms with E-state index in [4.69, 9.17) is 4.74 Å². The number of piperazine rings is 1. The molecule has 1 saturated heterocycles. The van der Waals surface area contributed by atoms with E-state index in [1.54, 1.807) is 0 Å². The van der Waals surface area contributed by atoms with Crippen molar-refractivity contribution in [3.63, 3.8) is 0 Å². The Labute approximate surface area is 148 Å². The van der Waals surface area contributed by atoms with Crippen LogP contribution in [0.25, 0.3) is 11.1 Å². The number of hydrogen-bond donors (Lipinski definition) is 1. The summed E-state index contributed by atoms with van der Waals surface area (Å²) in [6.45, 7) is 5.48. The smallest absolute Gasteiger partial charge is 0.226 e. The van der Waals surface area contributed by atoms with Gasteiger partial charge in [0, 0.05) is 32.7 Å². The molecule has 5 heteroatoms. The van der Waals surface area contributed by atoms with Gasteiger partial charge in [0.25, 0.3) is 0 Å². The predicted molar refractivity (Wildman–Crippen MR) is 98.8 cm³/mol. The van der Waals surface area contributed by atoms with Gasteiger partial charge in [0.15, 0.2) is 6.29 Å². The van der Waals surface area contributed by atoms with Gasteiger partial charge in [0.1, 0.15) is 5.75 Å². The molecular weight excluding hydrogens is 314 g/mol. The molecule has 1 N–H and O–H groups in total. The molecule has 5 nitrogen and oxygen atoms in total. The number of likely N-dealkylation sites (N-methyl/N-ethyl adjacent to an activating group) is 1. The second-order valence-electron chi connectivity index (χ2n) is 6.81. The summed E-state index contributed by atoms with van der Waals surface area (Å²) in [6.07, 6.45) is 0.199. The van der Waals surface area contributed by atoms with E-state index in [0.717, 1.165) is 56.0 Å². The first-order valence-corrected chi connectivity index (χ1v) is 8.74. The Kier molecular flexibility index (Phi) is 4.42. The number of carbonyl (C=O) groups excluding carboxylic acids is 1. The van der Waals surface area contributed by atoms with Crippen LogP contribution in [0.3, 0.4) is 0 Å². The minimum absolute atomic E-state index is 0.575. The van der Waals surface area contributed by atoms with Crippen LogP contribution in [-0.2, 0) is 11.3 Å². The van der Waals surface area contributed by atoms with Crippen molar-refractivity contribution in [2.75, 3.05) is 38.5 Å². The van der Waals surface area contributed by atoms with E-state index in [1.807, 2.05) is 12.1 Å². The van der Waals surface area contributed by atoms with Crippen molar-refractivity contribution in [2.24, 2.45) is 0 Å². The highest BCUT2D eigenvalue weighted by Crippen LogP contribution is 2.35. The number of aldehydes is 1. The summed E-state index contributed by atoms with van der Waals surface area (Å²) in [7, 11) is 2.18. The second kappa shape index (κ2) is 6.86. The molecule has 2 aliphatic heterocycles. The lowest BCUT2D eigenvalue weighted by molar-refractivity contribution is -0.112.